The molecule has 0 aromatic rings. The third-order valence-electron chi connectivity index (χ3n) is 11.4. The standard InChI is InChI=1S/C29H43F3O4/c1-16(15-35-26(34)29(30,31)32)5-8-23-17(2)25-24(36-23)14-22-20-7-6-18-13-19(33)9-11-27(18,3)21(20)10-12-28(22,25)4/h16,18-22,24-25,33H,5-15H2,1-4H3. The Hall–Kier alpha value is -1.24. The zero-order valence-corrected chi connectivity index (χ0v) is 22.2. The van der Waals surface area contributed by atoms with Gasteiger partial charge in [0.2, 0.25) is 0 Å². The lowest BCUT2D eigenvalue weighted by atomic mass is 9.44. The van der Waals surface area contributed by atoms with Gasteiger partial charge in [0, 0.05) is 12.3 Å². The van der Waals surface area contributed by atoms with E-state index in [1.165, 1.54) is 31.3 Å². The lowest BCUT2D eigenvalue weighted by Gasteiger charge is -2.60. The molecule has 0 amide bonds. The van der Waals surface area contributed by atoms with Gasteiger partial charge in [0.1, 0.15) is 6.10 Å². The molecule has 36 heavy (non-hydrogen) atoms. The van der Waals surface area contributed by atoms with Crippen LogP contribution in [0.25, 0.3) is 0 Å². The van der Waals surface area contributed by atoms with Crippen LogP contribution < -0.4 is 0 Å². The number of hydrogen-bond donors (Lipinski definition) is 1. The van der Waals surface area contributed by atoms with Crippen LogP contribution in [0.4, 0.5) is 13.2 Å². The molecule has 0 aromatic carbocycles. The Morgan fingerprint density at radius 2 is 1.83 bits per heavy atom. The molecule has 5 aliphatic rings. The maximum Gasteiger partial charge on any atom is 0.490 e. The first-order valence-corrected chi connectivity index (χ1v) is 14.1. The summed E-state index contributed by atoms with van der Waals surface area (Å²) in [4.78, 5) is 11.0. The van der Waals surface area contributed by atoms with E-state index in [9.17, 15) is 23.1 Å². The third-order valence-corrected chi connectivity index (χ3v) is 11.4. The van der Waals surface area contributed by atoms with Gasteiger partial charge in [-0.3, -0.25) is 0 Å². The SMILES string of the molecule is CC1=C(CCC(C)COC(=O)C(F)(F)F)OC2CC3C4CCC5CC(O)CCC5(C)C4CCC3(C)C12. The number of halogens is 3. The number of rotatable bonds is 5. The predicted octanol–water partition coefficient (Wildman–Crippen LogP) is 6.81. The molecule has 10 unspecified atom stereocenters. The van der Waals surface area contributed by atoms with Crippen molar-refractivity contribution in [2.75, 3.05) is 6.61 Å². The first-order valence-electron chi connectivity index (χ1n) is 14.1. The van der Waals surface area contributed by atoms with Gasteiger partial charge in [-0.25, -0.2) is 4.79 Å². The summed E-state index contributed by atoms with van der Waals surface area (Å²) in [5.74, 6) is 2.00. The zero-order valence-electron chi connectivity index (χ0n) is 22.2. The molecule has 10 atom stereocenters. The van der Waals surface area contributed by atoms with Gasteiger partial charge in [-0.05, 0) is 111 Å². The van der Waals surface area contributed by atoms with Crippen molar-refractivity contribution in [3.05, 3.63) is 11.3 Å². The van der Waals surface area contributed by atoms with Crippen LogP contribution in [-0.4, -0.2) is 36.1 Å². The fraction of sp³-hybridized carbons (Fsp3) is 0.897. The number of fused-ring (bicyclic) bond motifs is 7. The first-order chi connectivity index (χ1) is 16.8. The van der Waals surface area contributed by atoms with Crippen molar-refractivity contribution in [1.82, 2.24) is 0 Å². The summed E-state index contributed by atoms with van der Waals surface area (Å²) in [5.41, 5.74) is 1.94. The Labute approximate surface area is 213 Å². The molecule has 4 fully saturated rings. The second-order valence-electron chi connectivity index (χ2n) is 13.3. The van der Waals surface area contributed by atoms with E-state index in [1.807, 2.05) is 6.92 Å². The first kappa shape index (κ1) is 26.4. The van der Waals surface area contributed by atoms with Crippen LogP contribution in [0.2, 0.25) is 0 Å². The largest absolute Gasteiger partial charge is 0.494 e. The second kappa shape index (κ2) is 9.20. The molecule has 0 radical (unpaired) electrons. The Balaban J connectivity index is 1.23. The molecule has 7 heteroatoms. The molecular formula is C29H43F3O4. The molecule has 0 spiro atoms. The minimum atomic E-state index is -4.94. The van der Waals surface area contributed by atoms with Crippen LogP contribution in [0.1, 0.15) is 91.9 Å². The van der Waals surface area contributed by atoms with Crippen LogP contribution in [0.15, 0.2) is 11.3 Å². The van der Waals surface area contributed by atoms with Crippen LogP contribution in [0, 0.1) is 46.3 Å². The molecule has 4 aliphatic carbocycles. The van der Waals surface area contributed by atoms with Gasteiger partial charge in [0.15, 0.2) is 0 Å². The van der Waals surface area contributed by atoms with Crippen LogP contribution in [-0.2, 0) is 14.3 Å². The Kier molecular flexibility index (Phi) is 6.74. The van der Waals surface area contributed by atoms with Gasteiger partial charge in [0.05, 0.1) is 18.5 Å². The Morgan fingerprint density at radius 3 is 2.56 bits per heavy atom. The van der Waals surface area contributed by atoms with E-state index in [0.29, 0.717) is 36.0 Å². The number of hydrogen-bond acceptors (Lipinski definition) is 4. The molecule has 4 nitrogen and oxygen atoms in total. The normalized spacial score (nSPS) is 44.7. The van der Waals surface area contributed by atoms with Crippen molar-refractivity contribution >= 4 is 5.97 Å². The predicted molar refractivity (Wildman–Crippen MR) is 130 cm³/mol. The fourth-order valence-electron chi connectivity index (χ4n) is 9.58. The summed E-state index contributed by atoms with van der Waals surface area (Å²) in [5, 5.41) is 10.3. The van der Waals surface area contributed by atoms with Crippen molar-refractivity contribution in [1.29, 1.82) is 0 Å². The van der Waals surface area contributed by atoms with Crippen molar-refractivity contribution in [3.63, 3.8) is 0 Å². The van der Waals surface area contributed by atoms with E-state index in [0.717, 1.165) is 43.3 Å². The van der Waals surface area contributed by atoms with E-state index in [4.69, 9.17) is 4.74 Å². The second-order valence-corrected chi connectivity index (χ2v) is 13.3. The lowest BCUT2D eigenvalue weighted by Crippen LogP contribution is -2.54. The van der Waals surface area contributed by atoms with E-state index < -0.39 is 12.1 Å². The Morgan fingerprint density at radius 1 is 1.11 bits per heavy atom. The van der Waals surface area contributed by atoms with E-state index in [1.54, 1.807) is 0 Å². The van der Waals surface area contributed by atoms with Crippen LogP contribution in [0.5, 0.6) is 0 Å². The maximum atomic E-state index is 12.4. The highest BCUT2D eigenvalue weighted by Crippen LogP contribution is 2.69. The molecule has 204 valence electrons. The van der Waals surface area contributed by atoms with Crippen molar-refractivity contribution in [2.24, 2.45) is 46.3 Å². The fourth-order valence-corrected chi connectivity index (χ4v) is 9.58. The van der Waals surface area contributed by atoms with Crippen molar-refractivity contribution in [2.45, 2.75) is 110 Å². The van der Waals surface area contributed by atoms with Gasteiger partial charge in [0.25, 0.3) is 0 Å². The van der Waals surface area contributed by atoms with E-state index in [2.05, 4.69) is 25.5 Å². The molecular weight excluding hydrogens is 469 g/mol. The van der Waals surface area contributed by atoms with E-state index in [-0.39, 0.29) is 30.1 Å². The van der Waals surface area contributed by atoms with Gasteiger partial charge in [-0.2, -0.15) is 13.2 Å². The van der Waals surface area contributed by atoms with Crippen LogP contribution >= 0.6 is 0 Å². The number of alkyl halides is 3. The van der Waals surface area contributed by atoms with Gasteiger partial charge < -0.3 is 14.6 Å². The number of carbonyl (C=O) groups is 1. The smallest absolute Gasteiger partial charge is 0.490 e. The zero-order chi connectivity index (χ0) is 26.0. The molecule has 4 saturated carbocycles. The van der Waals surface area contributed by atoms with Gasteiger partial charge >= 0.3 is 12.1 Å². The average molecular weight is 513 g/mol. The van der Waals surface area contributed by atoms with Gasteiger partial charge in [-0.15, -0.1) is 0 Å². The molecule has 0 saturated heterocycles. The summed E-state index contributed by atoms with van der Waals surface area (Å²) in [6.45, 7) is 8.81. The molecule has 5 rings (SSSR count). The topological polar surface area (TPSA) is 55.8 Å². The summed E-state index contributed by atoms with van der Waals surface area (Å²) in [6, 6.07) is 0. The van der Waals surface area contributed by atoms with Crippen molar-refractivity contribution in [3.8, 4) is 0 Å². The number of ether oxygens (including phenoxy) is 2. The minimum Gasteiger partial charge on any atom is -0.494 e. The molecule has 0 bridgehead atoms. The van der Waals surface area contributed by atoms with Crippen molar-refractivity contribution < 1.29 is 32.5 Å². The molecule has 1 aliphatic heterocycles. The number of aliphatic hydroxyl groups is 1. The minimum absolute atomic E-state index is 0.113. The summed E-state index contributed by atoms with van der Waals surface area (Å²) in [7, 11) is 0. The summed E-state index contributed by atoms with van der Waals surface area (Å²) in [6.07, 6.45) is 5.69. The summed E-state index contributed by atoms with van der Waals surface area (Å²) >= 11 is 0. The Bertz CT molecular complexity index is 899. The van der Waals surface area contributed by atoms with Gasteiger partial charge in [-0.1, -0.05) is 20.8 Å². The molecule has 0 aromatic heterocycles. The molecule has 1 N–H and O–H groups in total. The number of esters is 1. The number of aliphatic hydroxyl groups excluding tert-OH is 1. The molecule has 1 heterocycles. The highest BCUT2D eigenvalue weighted by Gasteiger charge is 2.64. The number of carbonyl (C=O) groups excluding carboxylic acids is 1. The quantitative estimate of drug-likeness (QED) is 0.411. The maximum absolute atomic E-state index is 12.4. The van der Waals surface area contributed by atoms with Crippen LogP contribution in [0.3, 0.4) is 0 Å². The summed E-state index contributed by atoms with van der Waals surface area (Å²) < 4.78 is 48.2. The monoisotopic (exact) mass is 512 g/mol. The highest BCUT2D eigenvalue weighted by molar-refractivity contribution is 5.75. The lowest BCUT2D eigenvalue weighted by molar-refractivity contribution is -0.200. The highest BCUT2D eigenvalue weighted by atomic mass is 19.4. The number of allylic oxidation sites excluding steroid dienone is 1. The third kappa shape index (κ3) is 4.29. The van der Waals surface area contributed by atoms with E-state index >= 15 is 0 Å². The average Bonchev–Trinajstić information content (AvgIpc) is 3.29.